The van der Waals surface area contributed by atoms with Gasteiger partial charge >= 0.3 is 6.29 Å². The summed E-state index contributed by atoms with van der Waals surface area (Å²) in [6.07, 6.45) is -0.401. The molecule has 4 heterocycles. The van der Waals surface area contributed by atoms with Gasteiger partial charge in [-0.25, -0.2) is 9.97 Å². The number of carbonyl (C=O) groups is 1. The molecule has 162 valence electrons. The minimum Gasteiger partial charge on any atom is -0.395 e. The average Bonchev–Trinajstić information content (AvgIpc) is 3.26. The molecule has 0 radical (unpaired) electrons. The number of hydrogen-bond acceptors (Lipinski definition) is 8. The van der Waals surface area contributed by atoms with Crippen molar-refractivity contribution in [3.8, 4) is 11.5 Å². The second-order valence-corrected chi connectivity index (χ2v) is 7.34. The Morgan fingerprint density at radius 1 is 1.16 bits per heavy atom. The predicted octanol–water partition coefficient (Wildman–Crippen LogP) is 1.45. The predicted molar refractivity (Wildman–Crippen MR) is 106 cm³/mol. The molecule has 1 N–H and O–H groups in total. The Kier molecular flexibility index (Phi) is 4.58. The first-order valence-corrected chi connectivity index (χ1v) is 9.68. The Morgan fingerprint density at radius 3 is 2.74 bits per heavy atom. The molecule has 0 atom stereocenters. The normalized spacial score (nSPS) is 17.8. The Bertz CT molecular complexity index is 1140. The van der Waals surface area contributed by atoms with Crippen molar-refractivity contribution < 1.29 is 23.0 Å². The molecule has 0 unspecified atom stereocenters. The van der Waals surface area contributed by atoms with Crippen LogP contribution in [0.25, 0.3) is 11.0 Å². The smallest absolute Gasteiger partial charge is 0.395 e. The number of piperazine rings is 1. The molecule has 0 saturated carbocycles. The van der Waals surface area contributed by atoms with Crippen LogP contribution in [-0.4, -0.2) is 69.6 Å². The van der Waals surface area contributed by atoms with Crippen LogP contribution in [0, 0.1) is 0 Å². The summed E-state index contributed by atoms with van der Waals surface area (Å²) in [6.45, 7) is 2.93. The minimum absolute atomic E-state index is 0.0634. The largest absolute Gasteiger partial charge is 0.586 e. The highest BCUT2D eigenvalue weighted by atomic mass is 19.3. The molecule has 12 heteroatoms. The summed E-state index contributed by atoms with van der Waals surface area (Å²) < 4.78 is 36.7. The number of rotatable bonds is 4. The first-order chi connectivity index (χ1) is 14.9. The lowest BCUT2D eigenvalue weighted by Gasteiger charge is -2.35. The number of anilines is 2. The SMILES string of the molecule is Cn1ncc2c(N3CCN(CC(=O)Nc4ccc5c(c4)OC(F)(F)O5)CC3)ncnc21. The van der Waals surface area contributed by atoms with E-state index in [1.165, 1.54) is 24.5 Å². The van der Waals surface area contributed by atoms with Crippen molar-refractivity contribution >= 4 is 28.4 Å². The highest BCUT2D eigenvalue weighted by molar-refractivity contribution is 5.92. The molecule has 5 rings (SSSR count). The van der Waals surface area contributed by atoms with Crippen LogP contribution in [0.4, 0.5) is 20.3 Å². The van der Waals surface area contributed by atoms with Gasteiger partial charge in [0.1, 0.15) is 12.1 Å². The Morgan fingerprint density at radius 2 is 1.94 bits per heavy atom. The highest BCUT2D eigenvalue weighted by Gasteiger charge is 2.43. The number of ether oxygens (including phenoxy) is 2. The van der Waals surface area contributed by atoms with E-state index in [0.717, 1.165) is 16.9 Å². The van der Waals surface area contributed by atoms with Crippen LogP contribution in [0.5, 0.6) is 11.5 Å². The van der Waals surface area contributed by atoms with E-state index in [0.29, 0.717) is 31.9 Å². The first-order valence-electron chi connectivity index (χ1n) is 9.68. The zero-order chi connectivity index (χ0) is 21.6. The van der Waals surface area contributed by atoms with Gasteiger partial charge in [-0.05, 0) is 12.1 Å². The third kappa shape index (κ3) is 3.81. The third-order valence-corrected chi connectivity index (χ3v) is 5.23. The fourth-order valence-corrected chi connectivity index (χ4v) is 3.75. The molecule has 3 aromatic rings. The molecule has 2 aromatic heterocycles. The lowest BCUT2D eigenvalue weighted by atomic mass is 10.2. The van der Waals surface area contributed by atoms with E-state index in [1.54, 1.807) is 10.9 Å². The fourth-order valence-electron chi connectivity index (χ4n) is 3.75. The average molecular weight is 431 g/mol. The molecule has 10 nitrogen and oxygen atoms in total. The van der Waals surface area contributed by atoms with Crippen molar-refractivity contribution in [3.05, 3.63) is 30.7 Å². The number of benzene rings is 1. The molecule has 1 fully saturated rings. The van der Waals surface area contributed by atoms with Crippen LogP contribution in [0.1, 0.15) is 0 Å². The molecule has 0 aliphatic carbocycles. The van der Waals surface area contributed by atoms with E-state index >= 15 is 0 Å². The monoisotopic (exact) mass is 431 g/mol. The molecular formula is C19H19F2N7O3. The van der Waals surface area contributed by atoms with Crippen molar-refractivity contribution in [2.75, 3.05) is 42.9 Å². The number of fused-ring (bicyclic) bond motifs is 2. The number of aromatic nitrogens is 4. The van der Waals surface area contributed by atoms with Crippen LogP contribution in [0.15, 0.2) is 30.7 Å². The van der Waals surface area contributed by atoms with Crippen molar-refractivity contribution in [2.24, 2.45) is 7.05 Å². The van der Waals surface area contributed by atoms with Gasteiger partial charge in [-0.2, -0.15) is 5.10 Å². The molecule has 0 bridgehead atoms. The Labute approximate surface area is 175 Å². The number of hydrogen-bond donors (Lipinski definition) is 1. The van der Waals surface area contributed by atoms with Gasteiger partial charge < -0.3 is 19.7 Å². The molecule has 1 saturated heterocycles. The Balaban J connectivity index is 1.17. The van der Waals surface area contributed by atoms with E-state index in [2.05, 4.69) is 34.8 Å². The molecule has 31 heavy (non-hydrogen) atoms. The summed E-state index contributed by atoms with van der Waals surface area (Å²) in [5, 5.41) is 7.84. The first kappa shape index (κ1) is 19.4. The van der Waals surface area contributed by atoms with Gasteiger partial charge in [0.2, 0.25) is 5.91 Å². The van der Waals surface area contributed by atoms with Crippen molar-refractivity contribution in [1.29, 1.82) is 0 Å². The van der Waals surface area contributed by atoms with E-state index < -0.39 is 6.29 Å². The van der Waals surface area contributed by atoms with Gasteiger partial charge in [0.15, 0.2) is 17.1 Å². The van der Waals surface area contributed by atoms with Crippen LogP contribution in [0.2, 0.25) is 0 Å². The summed E-state index contributed by atoms with van der Waals surface area (Å²) in [7, 11) is 1.83. The van der Waals surface area contributed by atoms with Gasteiger partial charge in [0.05, 0.1) is 18.1 Å². The maximum Gasteiger partial charge on any atom is 0.586 e. The maximum atomic E-state index is 13.1. The summed E-state index contributed by atoms with van der Waals surface area (Å²) >= 11 is 0. The number of halogens is 2. The minimum atomic E-state index is -3.68. The number of amides is 1. The number of nitrogens with one attached hydrogen (secondary N) is 1. The summed E-state index contributed by atoms with van der Waals surface area (Å²) in [5.74, 6) is 0.421. The summed E-state index contributed by atoms with van der Waals surface area (Å²) in [4.78, 5) is 25.3. The standard InChI is InChI=1S/C19H19F2N7O3/c1-26-17-13(9-24-26)18(23-11-22-17)28-6-4-27(5-7-28)10-16(29)25-12-2-3-14-15(8-12)31-19(20,21)30-14/h2-3,8-9,11H,4-7,10H2,1H3,(H,25,29). The maximum absolute atomic E-state index is 13.1. The summed E-state index contributed by atoms with van der Waals surface area (Å²) in [6, 6.07) is 4.15. The molecule has 2 aliphatic rings. The molecule has 0 spiro atoms. The topological polar surface area (TPSA) is 97.6 Å². The molecule has 1 amide bonds. The molecule has 2 aliphatic heterocycles. The number of carbonyl (C=O) groups excluding carboxylic acids is 1. The fraction of sp³-hybridized carbons (Fsp3) is 0.368. The zero-order valence-corrected chi connectivity index (χ0v) is 16.6. The van der Waals surface area contributed by atoms with Crippen molar-refractivity contribution in [3.63, 3.8) is 0 Å². The number of aryl methyl sites for hydroxylation is 1. The molecule has 1 aromatic carbocycles. The van der Waals surface area contributed by atoms with Crippen LogP contribution < -0.4 is 19.7 Å². The number of nitrogens with zero attached hydrogens (tertiary/aromatic N) is 6. The Hall–Kier alpha value is -3.54. The van der Waals surface area contributed by atoms with Crippen LogP contribution in [0.3, 0.4) is 0 Å². The third-order valence-electron chi connectivity index (χ3n) is 5.23. The second-order valence-electron chi connectivity index (χ2n) is 7.34. The van der Waals surface area contributed by atoms with Crippen molar-refractivity contribution in [2.45, 2.75) is 6.29 Å². The summed E-state index contributed by atoms with van der Waals surface area (Å²) in [5.41, 5.74) is 1.14. The van der Waals surface area contributed by atoms with E-state index in [4.69, 9.17) is 0 Å². The lowest BCUT2D eigenvalue weighted by molar-refractivity contribution is -0.286. The van der Waals surface area contributed by atoms with E-state index in [-0.39, 0.29) is 24.0 Å². The quantitative estimate of drug-likeness (QED) is 0.663. The van der Waals surface area contributed by atoms with Gasteiger partial charge in [0.25, 0.3) is 0 Å². The zero-order valence-electron chi connectivity index (χ0n) is 16.6. The van der Waals surface area contributed by atoms with Crippen LogP contribution >= 0.6 is 0 Å². The van der Waals surface area contributed by atoms with Crippen LogP contribution in [-0.2, 0) is 11.8 Å². The lowest BCUT2D eigenvalue weighted by Crippen LogP contribution is -2.49. The van der Waals surface area contributed by atoms with Crippen molar-refractivity contribution in [1.82, 2.24) is 24.6 Å². The highest BCUT2D eigenvalue weighted by Crippen LogP contribution is 2.42. The van der Waals surface area contributed by atoms with Gasteiger partial charge in [-0.1, -0.05) is 0 Å². The van der Waals surface area contributed by atoms with E-state index in [9.17, 15) is 13.6 Å². The van der Waals surface area contributed by atoms with E-state index in [1.807, 2.05) is 11.9 Å². The number of alkyl halides is 2. The van der Waals surface area contributed by atoms with Gasteiger partial charge in [0, 0.05) is 45.0 Å². The van der Waals surface area contributed by atoms with Gasteiger partial charge in [-0.3, -0.25) is 14.4 Å². The molecular weight excluding hydrogens is 412 g/mol. The second kappa shape index (κ2) is 7.30. The van der Waals surface area contributed by atoms with Gasteiger partial charge in [-0.15, -0.1) is 8.78 Å².